The third kappa shape index (κ3) is 2.21. The number of amides is 3. The van der Waals surface area contributed by atoms with Gasteiger partial charge in [0.15, 0.2) is 0 Å². The summed E-state index contributed by atoms with van der Waals surface area (Å²) in [6.07, 6.45) is 1.88. The van der Waals surface area contributed by atoms with Crippen molar-refractivity contribution in [2.45, 2.75) is 6.92 Å². The average Bonchev–Trinajstić information content (AvgIpc) is 2.99. The van der Waals surface area contributed by atoms with Crippen LogP contribution in [0.5, 0.6) is 0 Å². The minimum atomic E-state index is -0.728. The van der Waals surface area contributed by atoms with Crippen LogP contribution in [0.3, 0.4) is 0 Å². The van der Waals surface area contributed by atoms with E-state index in [1.807, 2.05) is 30.5 Å². The number of rotatable bonds is 3. The monoisotopic (exact) mass is 314 g/mol. The molecular formula is C15H14N4O2S. The summed E-state index contributed by atoms with van der Waals surface area (Å²) in [6.45, 7) is 1.81. The van der Waals surface area contributed by atoms with Crippen molar-refractivity contribution >= 4 is 39.2 Å². The minimum Gasteiger partial charge on any atom is -0.365 e. The molecule has 3 rings (SSSR count). The summed E-state index contributed by atoms with van der Waals surface area (Å²) < 4.78 is 0. The van der Waals surface area contributed by atoms with Crippen LogP contribution in [-0.4, -0.2) is 16.9 Å². The van der Waals surface area contributed by atoms with Gasteiger partial charge in [-0.2, -0.15) is 0 Å². The van der Waals surface area contributed by atoms with Crippen molar-refractivity contribution in [2.24, 2.45) is 11.5 Å². The van der Waals surface area contributed by atoms with Crippen LogP contribution in [0, 0.1) is 6.92 Å². The van der Waals surface area contributed by atoms with Crippen LogP contribution in [0.1, 0.15) is 15.9 Å². The van der Waals surface area contributed by atoms with Crippen LogP contribution < -0.4 is 16.8 Å². The van der Waals surface area contributed by atoms with E-state index in [1.165, 1.54) is 11.3 Å². The lowest BCUT2D eigenvalue weighted by Gasteiger charge is -2.00. The first-order valence-electron chi connectivity index (χ1n) is 6.55. The number of aromatic amines is 1. The van der Waals surface area contributed by atoms with Crippen LogP contribution in [-0.2, 0) is 0 Å². The van der Waals surface area contributed by atoms with Crippen LogP contribution in [0.15, 0.2) is 30.5 Å². The van der Waals surface area contributed by atoms with Gasteiger partial charge in [-0.25, -0.2) is 4.79 Å². The summed E-state index contributed by atoms with van der Waals surface area (Å²) in [5, 5.41) is 3.88. The lowest BCUT2D eigenvalue weighted by Crippen LogP contribution is -2.21. The predicted molar refractivity (Wildman–Crippen MR) is 88.1 cm³/mol. The third-order valence-electron chi connectivity index (χ3n) is 3.46. The van der Waals surface area contributed by atoms with Crippen LogP contribution in [0.4, 0.5) is 9.80 Å². The zero-order valence-corrected chi connectivity index (χ0v) is 12.6. The molecule has 3 amide bonds. The van der Waals surface area contributed by atoms with Gasteiger partial charge in [0.1, 0.15) is 5.00 Å². The van der Waals surface area contributed by atoms with E-state index in [0.29, 0.717) is 10.6 Å². The van der Waals surface area contributed by atoms with Gasteiger partial charge in [0.05, 0.1) is 5.56 Å². The van der Waals surface area contributed by atoms with Gasteiger partial charge in [-0.3, -0.25) is 10.1 Å². The Balaban J connectivity index is 2.23. The van der Waals surface area contributed by atoms with Crippen molar-refractivity contribution in [1.82, 2.24) is 4.98 Å². The number of carbonyl (C=O) groups excluding carboxylic acids is 2. The summed E-state index contributed by atoms with van der Waals surface area (Å²) in [5.41, 5.74) is 13.6. The molecule has 0 aliphatic rings. The number of urea groups is 1. The summed E-state index contributed by atoms with van der Waals surface area (Å²) in [4.78, 5) is 26.9. The Hall–Kier alpha value is -2.80. The maximum Gasteiger partial charge on any atom is 0.317 e. The lowest BCUT2D eigenvalue weighted by molar-refractivity contribution is 0.100. The second-order valence-electron chi connectivity index (χ2n) is 4.86. The van der Waals surface area contributed by atoms with Crippen molar-refractivity contribution < 1.29 is 9.59 Å². The number of aromatic nitrogens is 1. The van der Waals surface area contributed by atoms with Gasteiger partial charge in [0.2, 0.25) is 0 Å². The van der Waals surface area contributed by atoms with Gasteiger partial charge >= 0.3 is 6.03 Å². The normalized spacial score (nSPS) is 10.8. The van der Waals surface area contributed by atoms with Crippen molar-refractivity contribution in [1.29, 1.82) is 0 Å². The Bertz CT molecular complexity index is 894. The van der Waals surface area contributed by atoms with E-state index in [1.54, 1.807) is 6.92 Å². The summed E-state index contributed by atoms with van der Waals surface area (Å²) >= 11 is 1.28. The van der Waals surface area contributed by atoms with E-state index in [-0.39, 0.29) is 0 Å². The molecule has 2 heterocycles. The molecule has 0 fully saturated rings. The highest BCUT2D eigenvalue weighted by Crippen LogP contribution is 2.42. The van der Waals surface area contributed by atoms with Crippen molar-refractivity contribution in [3.05, 3.63) is 41.6 Å². The lowest BCUT2D eigenvalue weighted by atomic mass is 10.1. The number of anilines is 1. The van der Waals surface area contributed by atoms with Crippen LogP contribution >= 0.6 is 11.3 Å². The molecule has 0 atom stereocenters. The van der Waals surface area contributed by atoms with Crippen molar-refractivity contribution in [3.63, 3.8) is 0 Å². The number of primary amides is 2. The number of H-pyrrole nitrogens is 1. The fraction of sp³-hybridized carbons (Fsp3) is 0.0667. The second-order valence-corrected chi connectivity index (χ2v) is 5.88. The van der Waals surface area contributed by atoms with E-state index in [0.717, 1.165) is 26.9 Å². The molecule has 112 valence electrons. The van der Waals surface area contributed by atoms with Crippen LogP contribution in [0.2, 0.25) is 0 Å². The van der Waals surface area contributed by atoms with Gasteiger partial charge in [-0.15, -0.1) is 11.3 Å². The molecule has 0 saturated carbocycles. The zero-order chi connectivity index (χ0) is 15.9. The fourth-order valence-electron chi connectivity index (χ4n) is 2.53. The Kier molecular flexibility index (Phi) is 3.34. The van der Waals surface area contributed by atoms with E-state index in [4.69, 9.17) is 11.5 Å². The van der Waals surface area contributed by atoms with E-state index in [2.05, 4.69) is 10.3 Å². The highest BCUT2D eigenvalue weighted by atomic mass is 32.1. The van der Waals surface area contributed by atoms with Gasteiger partial charge in [0, 0.05) is 27.5 Å². The maximum absolute atomic E-state index is 11.7. The first-order chi connectivity index (χ1) is 10.5. The molecule has 0 radical (unpaired) electrons. The Morgan fingerprint density at radius 1 is 1.23 bits per heavy atom. The third-order valence-corrected chi connectivity index (χ3v) is 4.70. The molecule has 0 aliphatic carbocycles. The van der Waals surface area contributed by atoms with Gasteiger partial charge in [-0.05, 0) is 18.6 Å². The first kappa shape index (κ1) is 14.2. The van der Waals surface area contributed by atoms with Gasteiger partial charge in [0.25, 0.3) is 5.91 Å². The highest BCUT2D eigenvalue weighted by molar-refractivity contribution is 7.20. The topological polar surface area (TPSA) is 114 Å². The van der Waals surface area contributed by atoms with E-state index < -0.39 is 11.9 Å². The van der Waals surface area contributed by atoms with Gasteiger partial charge in [-0.1, -0.05) is 18.2 Å². The molecule has 3 aromatic rings. The Labute approximate surface area is 130 Å². The molecule has 1 aromatic carbocycles. The van der Waals surface area contributed by atoms with Gasteiger partial charge < -0.3 is 16.5 Å². The molecule has 0 unspecified atom stereocenters. The maximum atomic E-state index is 11.7. The number of hydrogen-bond donors (Lipinski definition) is 4. The molecule has 7 heteroatoms. The number of hydrogen-bond acceptors (Lipinski definition) is 3. The van der Waals surface area contributed by atoms with Crippen LogP contribution in [0.25, 0.3) is 21.3 Å². The number of nitrogens with two attached hydrogens (primary N) is 2. The predicted octanol–water partition coefficient (Wildman–Crippen LogP) is 2.79. The highest BCUT2D eigenvalue weighted by Gasteiger charge is 2.22. The SMILES string of the molecule is Cc1c(-c2c[nH]c3ccccc23)sc(NC(N)=O)c1C(N)=O. The summed E-state index contributed by atoms with van der Waals surface area (Å²) in [7, 11) is 0. The quantitative estimate of drug-likeness (QED) is 0.595. The average molecular weight is 314 g/mol. The molecule has 22 heavy (non-hydrogen) atoms. The molecule has 0 bridgehead atoms. The molecule has 0 aliphatic heterocycles. The van der Waals surface area contributed by atoms with E-state index >= 15 is 0 Å². The standard InChI is InChI=1S/C15H14N4O2S/c1-7-11(13(16)20)14(19-15(17)21)22-12(7)9-6-18-10-5-3-2-4-8(9)10/h2-6,18H,1H3,(H2,16,20)(H3,17,19,21). The number of para-hydroxylation sites is 1. The molecular weight excluding hydrogens is 300 g/mol. The smallest absolute Gasteiger partial charge is 0.317 e. The molecule has 6 nitrogen and oxygen atoms in total. The molecule has 0 saturated heterocycles. The second kappa shape index (κ2) is 5.19. The molecule has 6 N–H and O–H groups in total. The number of fused-ring (bicyclic) bond motifs is 1. The molecule has 2 aromatic heterocycles. The zero-order valence-electron chi connectivity index (χ0n) is 11.8. The first-order valence-corrected chi connectivity index (χ1v) is 7.37. The largest absolute Gasteiger partial charge is 0.365 e. The molecule has 0 spiro atoms. The van der Waals surface area contributed by atoms with E-state index in [9.17, 15) is 9.59 Å². The minimum absolute atomic E-state index is 0.295. The number of nitrogens with one attached hydrogen (secondary N) is 2. The number of carbonyl (C=O) groups is 2. The number of benzene rings is 1. The van der Waals surface area contributed by atoms with Crippen molar-refractivity contribution in [2.75, 3.05) is 5.32 Å². The summed E-state index contributed by atoms with van der Waals surface area (Å²) in [6, 6.07) is 7.12. The number of thiophene rings is 1. The summed E-state index contributed by atoms with van der Waals surface area (Å²) in [5.74, 6) is -0.594. The fourth-order valence-corrected chi connectivity index (χ4v) is 3.77. The Morgan fingerprint density at radius 3 is 2.64 bits per heavy atom. The van der Waals surface area contributed by atoms with Crippen molar-refractivity contribution in [3.8, 4) is 10.4 Å². The Morgan fingerprint density at radius 2 is 1.95 bits per heavy atom.